The lowest BCUT2D eigenvalue weighted by Gasteiger charge is -2.29. The average Bonchev–Trinajstić information content (AvgIpc) is 2.48. The normalized spacial score (nSPS) is 13.9. The van der Waals surface area contributed by atoms with E-state index in [0.29, 0.717) is 17.1 Å². The Balaban J connectivity index is 1.89. The van der Waals surface area contributed by atoms with Gasteiger partial charge in [0.2, 0.25) is 0 Å². The number of carbonyl (C=O) groups is 1. The highest BCUT2D eigenvalue weighted by Gasteiger charge is 2.23. The molecule has 2 aromatic carbocycles. The summed E-state index contributed by atoms with van der Waals surface area (Å²) in [4.78, 5) is 14.6. The van der Waals surface area contributed by atoms with Crippen molar-refractivity contribution < 1.29 is 4.79 Å². The number of hydrogen-bond acceptors (Lipinski definition) is 2. The number of rotatable bonds is 1. The first-order valence-electron chi connectivity index (χ1n) is 6.98. The smallest absolute Gasteiger partial charge is 0.254 e. The van der Waals surface area contributed by atoms with Crippen LogP contribution in [0.25, 0.3) is 0 Å². The summed E-state index contributed by atoms with van der Waals surface area (Å²) in [7, 11) is 0. The molecule has 1 heterocycles. The average molecular weight is 301 g/mol. The largest absolute Gasteiger partial charge is 0.399 e. The van der Waals surface area contributed by atoms with Crippen molar-refractivity contribution in [2.75, 3.05) is 12.3 Å². The maximum Gasteiger partial charge on any atom is 0.254 e. The van der Waals surface area contributed by atoms with Crippen molar-refractivity contribution in [2.24, 2.45) is 0 Å². The number of hydrogen-bond donors (Lipinski definition) is 1. The molecule has 0 fully saturated rings. The maximum atomic E-state index is 12.7. The number of nitrogens with zero attached hydrogens (tertiary/aromatic N) is 1. The molecule has 1 aliphatic rings. The molecule has 108 valence electrons. The Morgan fingerprint density at radius 2 is 2.05 bits per heavy atom. The molecule has 0 radical (unpaired) electrons. The molecule has 3 rings (SSSR count). The Morgan fingerprint density at radius 3 is 2.86 bits per heavy atom. The van der Waals surface area contributed by atoms with Gasteiger partial charge in [-0.25, -0.2) is 0 Å². The first-order valence-corrected chi connectivity index (χ1v) is 7.35. The highest BCUT2D eigenvalue weighted by molar-refractivity contribution is 6.31. The molecule has 2 aromatic rings. The van der Waals surface area contributed by atoms with Crippen LogP contribution in [0.2, 0.25) is 5.02 Å². The zero-order valence-corrected chi connectivity index (χ0v) is 12.7. The molecule has 0 saturated carbocycles. The van der Waals surface area contributed by atoms with Crippen LogP contribution in [0.1, 0.15) is 27.0 Å². The van der Waals surface area contributed by atoms with E-state index >= 15 is 0 Å². The van der Waals surface area contributed by atoms with Crippen LogP contribution in [-0.2, 0) is 13.0 Å². The van der Waals surface area contributed by atoms with Crippen molar-refractivity contribution in [1.82, 2.24) is 4.90 Å². The molecule has 1 aliphatic heterocycles. The maximum absolute atomic E-state index is 12.7. The second kappa shape index (κ2) is 5.41. The lowest BCUT2D eigenvalue weighted by atomic mass is 9.98. The lowest BCUT2D eigenvalue weighted by Crippen LogP contribution is -2.36. The first-order chi connectivity index (χ1) is 10.1. The molecule has 0 unspecified atom stereocenters. The van der Waals surface area contributed by atoms with Gasteiger partial charge in [0.25, 0.3) is 5.91 Å². The first kappa shape index (κ1) is 14.0. The summed E-state index contributed by atoms with van der Waals surface area (Å²) in [5.74, 6) is 0.0306. The van der Waals surface area contributed by atoms with Crippen LogP contribution < -0.4 is 5.73 Å². The van der Waals surface area contributed by atoms with E-state index in [9.17, 15) is 4.79 Å². The summed E-state index contributed by atoms with van der Waals surface area (Å²) in [6.45, 7) is 3.21. The zero-order valence-electron chi connectivity index (χ0n) is 11.9. The molecular formula is C17H17ClN2O. The number of amides is 1. The number of carbonyl (C=O) groups excluding carboxylic acids is 1. The fourth-order valence-electron chi connectivity index (χ4n) is 2.76. The van der Waals surface area contributed by atoms with Crippen LogP contribution in [0.5, 0.6) is 0 Å². The van der Waals surface area contributed by atoms with E-state index in [4.69, 9.17) is 17.3 Å². The van der Waals surface area contributed by atoms with Crippen molar-refractivity contribution in [3.05, 3.63) is 63.7 Å². The van der Waals surface area contributed by atoms with E-state index in [-0.39, 0.29) is 5.91 Å². The molecule has 0 atom stereocenters. The second-order valence-corrected chi connectivity index (χ2v) is 5.82. The van der Waals surface area contributed by atoms with Gasteiger partial charge in [0.1, 0.15) is 0 Å². The van der Waals surface area contributed by atoms with Gasteiger partial charge in [0.05, 0.1) is 0 Å². The van der Waals surface area contributed by atoms with Crippen LogP contribution in [0, 0.1) is 6.92 Å². The standard InChI is InChI=1S/C17H17ClN2O/c1-11-15(3-2-4-16(11)18)17(21)20-8-7-12-5-6-14(19)9-13(12)10-20/h2-6,9H,7-8,10,19H2,1H3. The summed E-state index contributed by atoms with van der Waals surface area (Å²) in [6.07, 6.45) is 0.862. The summed E-state index contributed by atoms with van der Waals surface area (Å²) < 4.78 is 0. The van der Waals surface area contributed by atoms with Crippen LogP contribution in [0.4, 0.5) is 5.69 Å². The number of nitrogens with two attached hydrogens (primary N) is 1. The number of fused-ring (bicyclic) bond motifs is 1. The van der Waals surface area contributed by atoms with Gasteiger partial charge in [-0.3, -0.25) is 4.79 Å². The summed E-state index contributed by atoms with van der Waals surface area (Å²) in [5, 5.41) is 0.627. The predicted molar refractivity (Wildman–Crippen MR) is 85.5 cm³/mol. The molecule has 0 spiro atoms. The zero-order chi connectivity index (χ0) is 15.0. The monoisotopic (exact) mass is 300 g/mol. The second-order valence-electron chi connectivity index (χ2n) is 5.42. The number of anilines is 1. The number of halogens is 1. The van der Waals surface area contributed by atoms with Gasteiger partial charge < -0.3 is 10.6 Å². The van der Waals surface area contributed by atoms with Gasteiger partial charge in [-0.15, -0.1) is 0 Å². The lowest BCUT2D eigenvalue weighted by molar-refractivity contribution is 0.0734. The van der Waals surface area contributed by atoms with Crippen molar-refractivity contribution in [2.45, 2.75) is 19.9 Å². The number of nitrogen functional groups attached to an aromatic ring is 1. The van der Waals surface area contributed by atoms with E-state index in [2.05, 4.69) is 6.07 Å². The van der Waals surface area contributed by atoms with E-state index in [1.54, 1.807) is 6.07 Å². The Kier molecular flexibility index (Phi) is 3.60. The van der Waals surface area contributed by atoms with Crippen LogP contribution in [0.3, 0.4) is 0 Å². The number of benzene rings is 2. The molecule has 0 bridgehead atoms. The SMILES string of the molecule is Cc1c(Cl)cccc1C(=O)N1CCc2ccc(N)cc2C1. The van der Waals surface area contributed by atoms with Crippen molar-refractivity contribution in [3.63, 3.8) is 0 Å². The van der Waals surface area contributed by atoms with Crippen molar-refractivity contribution in [3.8, 4) is 0 Å². The van der Waals surface area contributed by atoms with E-state index in [1.807, 2.05) is 36.1 Å². The molecule has 0 saturated heterocycles. The Bertz CT molecular complexity index is 712. The molecule has 1 amide bonds. The van der Waals surface area contributed by atoms with E-state index < -0.39 is 0 Å². The van der Waals surface area contributed by atoms with Crippen LogP contribution >= 0.6 is 11.6 Å². The van der Waals surface area contributed by atoms with E-state index in [0.717, 1.165) is 29.8 Å². The third kappa shape index (κ3) is 2.61. The van der Waals surface area contributed by atoms with Gasteiger partial charge in [0.15, 0.2) is 0 Å². The van der Waals surface area contributed by atoms with Crippen molar-refractivity contribution >= 4 is 23.2 Å². The molecule has 3 nitrogen and oxygen atoms in total. The molecular weight excluding hydrogens is 284 g/mol. The van der Waals surface area contributed by atoms with Gasteiger partial charge >= 0.3 is 0 Å². The Labute approximate surface area is 129 Å². The van der Waals surface area contributed by atoms with Gasteiger partial charge in [-0.05, 0) is 54.3 Å². The van der Waals surface area contributed by atoms with E-state index in [1.165, 1.54) is 5.56 Å². The van der Waals surface area contributed by atoms with Crippen LogP contribution in [-0.4, -0.2) is 17.4 Å². The minimum atomic E-state index is 0.0306. The minimum absolute atomic E-state index is 0.0306. The minimum Gasteiger partial charge on any atom is -0.399 e. The highest BCUT2D eigenvalue weighted by atomic mass is 35.5. The Morgan fingerprint density at radius 1 is 1.24 bits per heavy atom. The predicted octanol–water partition coefficient (Wildman–Crippen LogP) is 3.43. The summed E-state index contributed by atoms with van der Waals surface area (Å²) in [6, 6.07) is 11.4. The molecule has 0 aromatic heterocycles. The molecule has 0 aliphatic carbocycles. The topological polar surface area (TPSA) is 46.3 Å². The van der Waals surface area contributed by atoms with Crippen molar-refractivity contribution in [1.29, 1.82) is 0 Å². The fourth-order valence-corrected chi connectivity index (χ4v) is 2.93. The highest BCUT2D eigenvalue weighted by Crippen LogP contribution is 2.25. The third-order valence-electron chi connectivity index (χ3n) is 4.03. The molecule has 2 N–H and O–H groups in total. The summed E-state index contributed by atoms with van der Waals surface area (Å²) >= 11 is 6.11. The quantitative estimate of drug-likeness (QED) is 0.820. The molecule has 4 heteroatoms. The van der Waals surface area contributed by atoms with Crippen LogP contribution in [0.15, 0.2) is 36.4 Å². The van der Waals surface area contributed by atoms with Gasteiger partial charge in [0, 0.05) is 29.4 Å². The van der Waals surface area contributed by atoms with Gasteiger partial charge in [-0.1, -0.05) is 23.7 Å². The van der Waals surface area contributed by atoms with Gasteiger partial charge in [-0.2, -0.15) is 0 Å². The summed E-state index contributed by atoms with van der Waals surface area (Å²) in [5.41, 5.74) is 10.5. The fraction of sp³-hybridized carbons (Fsp3) is 0.235. The Hall–Kier alpha value is -2.00. The molecule has 21 heavy (non-hydrogen) atoms. The third-order valence-corrected chi connectivity index (χ3v) is 4.44.